The van der Waals surface area contributed by atoms with E-state index >= 15 is 0 Å². The first-order valence-corrected chi connectivity index (χ1v) is 9.75. The number of nitrogens with zero attached hydrogens (tertiary/aromatic N) is 4. The zero-order valence-electron chi connectivity index (χ0n) is 16.2. The van der Waals surface area contributed by atoms with Gasteiger partial charge in [0.25, 0.3) is 0 Å². The highest BCUT2D eigenvalue weighted by Gasteiger charge is 2.15. The smallest absolute Gasteiger partial charge is 0.135 e. The van der Waals surface area contributed by atoms with Crippen molar-refractivity contribution in [1.29, 1.82) is 0 Å². The summed E-state index contributed by atoms with van der Waals surface area (Å²) >= 11 is 0. The van der Waals surface area contributed by atoms with Gasteiger partial charge >= 0.3 is 0 Å². The van der Waals surface area contributed by atoms with Gasteiger partial charge in [-0.25, -0.2) is 9.37 Å². The molecule has 5 aromatic heterocycles. The summed E-state index contributed by atoms with van der Waals surface area (Å²) in [7, 11) is 0. The van der Waals surface area contributed by atoms with Crippen LogP contribution in [0.4, 0.5) is 4.39 Å². The largest absolute Gasteiger partial charge is 0.352 e. The van der Waals surface area contributed by atoms with E-state index in [4.69, 9.17) is 4.98 Å². The van der Waals surface area contributed by atoms with Gasteiger partial charge in [-0.05, 0) is 48.0 Å². The maximum absolute atomic E-state index is 13.4. The second kappa shape index (κ2) is 6.84. The number of hydrogen-bond donors (Lipinski definition) is 2. The Morgan fingerprint density at radius 3 is 2.45 bits per heavy atom. The highest BCUT2D eigenvalue weighted by atomic mass is 19.1. The molecule has 2 N–H and O–H groups in total. The van der Waals surface area contributed by atoms with Crippen LogP contribution in [0.5, 0.6) is 0 Å². The Bertz CT molecular complexity index is 1530. The SMILES string of the molecule is Fc1ccc(-c2cncc3[nH]c(-c4n[nH]c5ccc(-c6ccncc6)nc45)cc23)cc1. The van der Waals surface area contributed by atoms with Crippen molar-refractivity contribution < 1.29 is 4.39 Å². The molecule has 0 spiro atoms. The minimum atomic E-state index is -0.266. The van der Waals surface area contributed by atoms with Crippen LogP contribution in [0.1, 0.15) is 0 Å². The lowest BCUT2D eigenvalue weighted by atomic mass is 10.0. The molecule has 0 unspecified atom stereocenters. The number of nitrogens with one attached hydrogen (secondary N) is 2. The van der Waals surface area contributed by atoms with Crippen molar-refractivity contribution in [2.75, 3.05) is 0 Å². The van der Waals surface area contributed by atoms with E-state index in [2.05, 4.69) is 25.1 Å². The van der Waals surface area contributed by atoms with E-state index in [9.17, 15) is 4.39 Å². The number of benzene rings is 1. The second-order valence-corrected chi connectivity index (χ2v) is 7.24. The molecule has 0 bridgehead atoms. The van der Waals surface area contributed by atoms with E-state index in [1.54, 1.807) is 36.9 Å². The second-order valence-electron chi connectivity index (χ2n) is 7.24. The van der Waals surface area contributed by atoms with Crippen molar-refractivity contribution in [1.82, 2.24) is 30.1 Å². The number of pyridine rings is 3. The Morgan fingerprint density at radius 2 is 1.61 bits per heavy atom. The van der Waals surface area contributed by atoms with Crippen molar-refractivity contribution in [2.45, 2.75) is 0 Å². The van der Waals surface area contributed by atoms with Gasteiger partial charge in [-0.2, -0.15) is 5.10 Å². The minimum absolute atomic E-state index is 0.266. The minimum Gasteiger partial charge on any atom is -0.352 e. The molecule has 1 aromatic carbocycles. The van der Waals surface area contributed by atoms with E-state index in [1.165, 1.54) is 12.1 Å². The van der Waals surface area contributed by atoms with Crippen LogP contribution in [-0.4, -0.2) is 30.1 Å². The fourth-order valence-electron chi connectivity index (χ4n) is 3.81. The molecular weight excluding hydrogens is 391 g/mol. The van der Waals surface area contributed by atoms with Gasteiger partial charge in [0.05, 0.1) is 28.6 Å². The van der Waals surface area contributed by atoms with Crippen LogP contribution in [0.2, 0.25) is 0 Å². The van der Waals surface area contributed by atoms with E-state index in [1.807, 2.05) is 30.3 Å². The molecule has 0 aliphatic carbocycles. The number of H-pyrrole nitrogens is 2. The lowest BCUT2D eigenvalue weighted by Gasteiger charge is -2.02. The van der Waals surface area contributed by atoms with E-state index in [0.29, 0.717) is 0 Å². The number of halogens is 1. The quantitative estimate of drug-likeness (QED) is 0.414. The van der Waals surface area contributed by atoms with Gasteiger partial charge in [-0.15, -0.1) is 0 Å². The van der Waals surface area contributed by atoms with Crippen molar-refractivity contribution in [3.05, 3.63) is 85.2 Å². The number of aromatic amines is 2. The topological polar surface area (TPSA) is 83.1 Å². The normalized spacial score (nSPS) is 11.4. The maximum atomic E-state index is 13.4. The first kappa shape index (κ1) is 17.5. The number of fused-ring (bicyclic) bond motifs is 2. The lowest BCUT2D eigenvalue weighted by molar-refractivity contribution is 0.628. The fourth-order valence-corrected chi connectivity index (χ4v) is 3.81. The van der Waals surface area contributed by atoms with Gasteiger partial charge in [-0.1, -0.05) is 12.1 Å². The van der Waals surface area contributed by atoms with Crippen LogP contribution in [0, 0.1) is 5.82 Å². The third-order valence-corrected chi connectivity index (χ3v) is 5.34. The fraction of sp³-hybridized carbons (Fsp3) is 0. The zero-order valence-corrected chi connectivity index (χ0v) is 16.2. The zero-order chi connectivity index (χ0) is 20.8. The Kier molecular flexibility index (Phi) is 3.86. The van der Waals surface area contributed by atoms with E-state index in [-0.39, 0.29) is 5.82 Å². The Morgan fingerprint density at radius 1 is 0.774 bits per heavy atom. The Labute approximate surface area is 175 Å². The van der Waals surface area contributed by atoms with E-state index in [0.717, 1.165) is 55.7 Å². The Balaban J connectivity index is 1.51. The molecule has 6 aromatic rings. The number of hydrogen-bond acceptors (Lipinski definition) is 4. The van der Waals surface area contributed by atoms with Gasteiger partial charge in [0.2, 0.25) is 0 Å². The average molecular weight is 406 g/mol. The molecule has 6 nitrogen and oxygen atoms in total. The van der Waals surface area contributed by atoms with Gasteiger partial charge in [0.1, 0.15) is 17.0 Å². The van der Waals surface area contributed by atoms with Gasteiger partial charge < -0.3 is 4.98 Å². The van der Waals surface area contributed by atoms with Crippen LogP contribution in [0.15, 0.2) is 79.4 Å². The monoisotopic (exact) mass is 406 g/mol. The summed E-state index contributed by atoms with van der Waals surface area (Å²) in [5, 5.41) is 8.55. The number of rotatable bonds is 3. The van der Waals surface area contributed by atoms with E-state index < -0.39 is 0 Å². The van der Waals surface area contributed by atoms with Crippen LogP contribution >= 0.6 is 0 Å². The predicted octanol–water partition coefficient (Wildman–Crippen LogP) is 5.37. The Hall–Kier alpha value is -4.39. The third-order valence-electron chi connectivity index (χ3n) is 5.34. The van der Waals surface area contributed by atoms with Crippen molar-refractivity contribution >= 4 is 21.9 Å². The summed E-state index contributed by atoms with van der Waals surface area (Å²) in [6.45, 7) is 0. The molecule has 0 radical (unpaired) electrons. The molecule has 6 rings (SSSR count). The molecule has 0 fully saturated rings. The molecule has 0 aliphatic heterocycles. The summed E-state index contributed by atoms with van der Waals surface area (Å²) in [5.74, 6) is -0.266. The van der Waals surface area contributed by atoms with Crippen molar-refractivity contribution in [3.63, 3.8) is 0 Å². The summed E-state index contributed by atoms with van der Waals surface area (Å²) in [4.78, 5) is 16.7. The average Bonchev–Trinajstić information content (AvgIpc) is 3.43. The predicted molar refractivity (Wildman–Crippen MR) is 118 cm³/mol. The van der Waals surface area contributed by atoms with Crippen LogP contribution in [-0.2, 0) is 0 Å². The molecule has 0 amide bonds. The summed E-state index contributed by atoms with van der Waals surface area (Å²) < 4.78 is 13.4. The molecule has 0 saturated carbocycles. The molecule has 148 valence electrons. The first-order chi connectivity index (χ1) is 15.3. The lowest BCUT2D eigenvalue weighted by Crippen LogP contribution is -1.86. The molecule has 31 heavy (non-hydrogen) atoms. The van der Waals surface area contributed by atoms with Gasteiger partial charge in [0.15, 0.2) is 0 Å². The maximum Gasteiger partial charge on any atom is 0.135 e. The molecule has 5 heterocycles. The highest BCUT2D eigenvalue weighted by Crippen LogP contribution is 2.33. The molecular formula is C24H15FN6. The summed E-state index contributed by atoms with van der Waals surface area (Å²) in [6.07, 6.45) is 7.06. The standard InChI is InChI=1S/C24H15FN6/c25-16-3-1-14(2-4-16)18-12-27-13-22-17(18)11-21(28-22)24-23-20(30-31-24)6-5-19(29-23)15-7-9-26-10-8-15/h1-13,28H,(H,30,31). The molecule has 0 atom stereocenters. The van der Waals surface area contributed by atoms with Crippen molar-refractivity contribution in [2.24, 2.45) is 0 Å². The van der Waals surface area contributed by atoms with Crippen molar-refractivity contribution in [3.8, 4) is 33.8 Å². The molecule has 0 saturated heterocycles. The van der Waals surface area contributed by atoms with Crippen LogP contribution < -0.4 is 0 Å². The molecule has 7 heteroatoms. The number of aromatic nitrogens is 6. The summed E-state index contributed by atoms with van der Waals surface area (Å²) in [6, 6.07) is 16.2. The summed E-state index contributed by atoms with van der Waals surface area (Å²) in [5.41, 5.74) is 7.72. The van der Waals surface area contributed by atoms with Gasteiger partial charge in [-0.3, -0.25) is 15.1 Å². The first-order valence-electron chi connectivity index (χ1n) is 9.75. The van der Waals surface area contributed by atoms with Gasteiger partial charge in [0, 0.05) is 35.1 Å². The third kappa shape index (κ3) is 2.95. The van der Waals surface area contributed by atoms with Crippen LogP contribution in [0.25, 0.3) is 55.7 Å². The van der Waals surface area contributed by atoms with Crippen LogP contribution in [0.3, 0.4) is 0 Å². The highest BCUT2D eigenvalue weighted by molar-refractivity contribution is 5.99. The molecule has 0 aliphatic rings.